The Bertz CT molecular complexity index is 564. The molecule has 5 heteroatoms. The van der Waals surface area contributed by atoms with Crippen LogP contribution in [0.3, 0.4) is 0 Å². The lowest BCUT2D eigenvalue weighted by atomic mass is 10.0. The van der Waals surface area contributed by atoms with Gasteiger partial charge in [0.05, 0.1) is 5.69 Å². The maximum atomic E-state index is 13.9. The smallest absolute Gasteiger partial charge is 0.412 e. The Labute approximate surface area is 144 Å². The van der Waals surface area contributed by atoms with Crippen LogP contribution in [-0.2, 0) is 9.47 Å². The Hall–Kier alpha value is -1.88. The fraction of sp³-hybridized carbons (Fsp3) is 0.526. The molecule has 1 atom stereocenters. The van der Waals surface area contributed by atoms with Gasteiger partial charge in [-0.1, -0.05) is 25.1 Å². The van der Waals surface area contributed by atoms with E-state index in [1.54, 1.807) is 40.0 Å². The highest BCUT2D eigenvalue weighted by molar-refractivity contribution is 5.85. The molecule has 0 heterocycles. The predicted molar refractivity (Wildman–Crippen MR) is 95.6 cm³/mol. The van der Waals surface area contributed by atoms with Crippen molar-refractivity contribution in [2.75, 3.05) is 19.0 Å². The topological polar surface area (TPSA) is 47.6 Å². The zero-order valence-electron chi connectivity index (χ0n) is 15.2. The third-order valence-corrected chi connectivity index (χ3v) is 3.25. The van der Waals surface area contributed by atoms with Gasteiger partial charge in [-0.15, -0.1) is 0 Å². The second-order valence-corrected chi connectivity index (χ2v) is 6.84. The average molecular weight is 337 g/mol. The summed E-state index contributed by atoms with van der Waals surface area (Å²) in [7, 11) is 1.69. The molecule has 0 aliphatic heterocycles. The molecule has 0 aliphatic carbocycles. The van der Waals surface area contributed by atoms with E-state index >= 15 is 0 Å². The minimum Gasteiger partial charge on any atom is -0.444 e. The first kappa shape index (κ1) is 20.2. The summed E-state index contributed by atoms with van der Waals surface area (Å²) in [6.07, 6.45) is 5.35. The van der Waals surface area contributed by atoms with Gasteiger partial charge in [-0.2, -0.15) is 0 Å². The number of methoxy groups -OCH3 is 1. The molecule has 0 fully saturated rings. The third kappa shape index (κ3) is 8.11. The second kappa shape index (κ2) is 9.42. The van der Waals surface area contributed by atoms with Crippen molar-refractivity contribution in [3.05, 3.63) is 35.7 Å². The van der Waals surface area contributed by atoms with E-state index in [0.717, 1.165) is 25.0 Å². The SMILES string of the molecule is COCCCC(C)/C=C/c1ccc(F)c(NC(=O)OC(C)(C)C)c1. The Kier molecular flexibility index (Phi) is 7.92. The van der Waals surface area contributed by atoms with Gasteiger partial charge in [0.1, 0.15) is 11.4 Å². The van der Waals surface area contributed by atoms with Gasteiger partial charge in [0.15, 0.2) is 0 Å². The number of rotatable bonds is 7. The second-order valence-electron chi connectivity index (χ2n) is 6.84. The summed E-state index contributed by atoms with van der Waals surface area (Å²) >= 11 is 0. The Balaban J connectivity index is 2.70. The number of benzene rings is 1. The lowest BCUT2D eigenvalue weighted by Gasteiger charge is -2.19. The molecule has 0 aliphatic rings. The van der Waals surface area contributed by atoms with Crippen LogP contribution in [0, 0.1) is 11.7 Å². The van der Waals surface area contributed by atoms with Gasteiger partial charge < -0.3 is 9.47 Å². The summed E-state index contributed by atoms with van der Waals surface area (Å²) in [6, 6.07) is 4.60. The van der Waals surface area contributed by atoms with E-state index in [1.807, 2.05) is 6.08 Å². The number of nitrogens with one attached hydrogen (secondary N) is 1. The van der Waals surface area contributed by atoms with Gasteiger partial charge in [-0.3, -0.25) is 5.32 Å². The normalized spacial score (nSPS) is 13.1. The minimum atomic E-state index is -0.671. The molecule has 1 N–H and O–H groups in total. The molecule has 1 amide bonds. The number of anilines is 1. The molecule has 1 unspecified atom stereocenters. The zero-order valence-corrected chi connectivity index (χ0v) is 15.2. The van der Waals surface area contributed by atoms with Crippen LogP contribution in [0.5, 0.6) is 0 Å². The van der Waals surface area contributed by atoms with Crippen molar-refractivity contribution in [1.29, 1.82) is 0 Å². The van der Waals surface area contributed by atoms with Crippen LogP contribution in [-0.4, -0.2) is 25.4 Å². The number of allylic oxidation sites excluding steroid dienone is 1. The summed E-state index contributed by atoms with van der Waals surface area (Å²) in [5, 5.41) is 2.45. The number of hydrogen-bond donors (Lipinski definition) is 1. The summed E-state index contributed by atoms with van der Waals surface area (Å²) in [6.45, 7) is 8.14. The maximum absolute atomic E-state index is 13.9. The van der Waals surface area contributed by atoms with E-state index in [4.69, 9.17) is 9.47 Å². The van der Waals surface area contributed by atoms with Crippen molar-refractivity contribution in [1.82, 2.24) is 0 Å². The van der Waals surface area contributed by atoms with Crippen molar-refractivity contribution in [2.24, 2.45) is 5.92 Å². The summed E-state index contributed by atoms with van der Waals surface area (Å²) < 4.78 is 24.0. The largest absolute Gasteiger partial charge is 0.444 e. The van der Waals surface area contributed by atoms with Gasteiger partial charge in [0, 0.05) is 13.7 Å². The Morgan fingerprint density at radius 2 is 2.08 bits per heavy atom. The molecule has 1 rings (SSSR count). The van der Waals surface area contributed by atoms with Crippen molar-refractivity contribution < 1.29 is 18.7 Å². The predicted octanol–water partition coefficient (Wildman–Crippen LogP) is 5.25. The summed E-state index contributed by atoms with van der Waals surface area (Å²) in [5.74, 6) is -0.0985. The van der Waals surface area contributed by atoms with E-state index in [0.29, 0.717) is 5.92 Å². The molecule has 1 aromatic rings. The van der Waals surface area contributed by atoms with Gasteiger partial charge in [-0.05, 0) is 57.2 Å². The number of carbonyl (C=O) groups excluding carboxylic acids is 1. The van der Waals surface area contributed by atoms with Crippen LogP contribution in [0.4, 0.5) is 14.9 Å². The number of halogens is 1. The molecule has 0 bridgehead atoms. The quantitative estimate of drug-likeness (QED) is 0.691. The van der Waals surface area contributed by atoms with E-state index in [2.05, 4.69) is 18.3 Å². The fourth-order valence-electron chi connectivity index (χ4n) is 2.08. The lowest BCUT2D eigenvalue weighted by Crippen LogP contribution is -2.27. The number of ether oxygens (including phenoxy) is 2. The number of amides is 1. The van der Waals surface area contributed by atoms with Crippen molar-refractivity contribution >= 4 is 17.9 Å². The molecule has 1 aromatic carbocycles. The van der Waals surface area contributed by atoms with Crippen molar-refractivity contribution in [2.45, 2.75) is 46.1 Å². The van der Waals surface area contributed by atoms with Gasteiger partial charge >= 0.3 is 6.09 Å². The van der Waals surface area contributed by atoms with Crippen LogP contribution >= 0.6 is 0 Å². The molecule has 4 nitrogen and oxygen atoms in total. The van der Waals surface area contributed by atoms with Crippen molar-refractivity contribution in [3.63, 3.8) is 0 Å². The molecule has 0 spiro atoms. The van der Waals surface area contributed by atoms with E-state index in [9.17, 15) is 9.18 Å². The molecule has 24 heavy (non-hydrogen) atoms. The van der Waals surface area contributed by atoms with Crippen LogP contribution < -0.4 is 5.32 Å². The molecule has 134 valence electrons. The molecule has 0 aromatic heterocycles. The third-order valence-electron chi connectivity index (χ3n) is 3.25. The van der Waals surface area contributed by atoms with Gasteiger partial charge in [-0.25, -0.2) is 9.18 Å². The van der Waals surface area contributed by atoms with Crippen LogP contribution in [0.1, 0.15) is 46.1 Å². The standard InChI is InChI=1S/C19H28FNO3/c1-14(7-6-12-23-5)8-9-15-10-11-16(20)17(13-15)21-18(22)24-19(2,3)4/h8-11,13-14H,6-7,12H2,1-5H3,(H,21,22)/b9-8+. The molecule has 0 radical (unpaired) electrons. The highest BCUT2D eigenvalue weighted by atomic mass is 19.1. The lowest BCUT2D eigenvalue weighted by molar-refractivity contribution is 0.0635. The van der Waals surface area contributed by atoms with E-state index < -0.39 is 17.5 Å². The van der Waals surface area contributed by atoms with Gasteiger partial charge in [0.25, 0.3) is 0 Å². The Morgan fingerprint density at radius 1 is 1.38 bits per heavy atom. The highest BCUT2D eigenvalue weighted by Crippen LogP contribution is 2.19. The zero-order chi connectivity index (χ0) is 18.2. The summed E-state index contributed by atoms with van der Waals surface area (Å²) in [4.78, 5) is 11.8. The highest BCUT2D eigenvalue weighted by Gasteiger charge is 2.17. The first-order valence-corrected chi connectivity index (χ1v) is 8.18. The molecule has 0 saturated heterocycles. The minimum absolute atomic E-state index is 0.110. The first-order valence-electron chi connectivity index (χ1n) is 8.18. The molecular formula is C19H28FNO3. The van der Waals surface area contributed by atoms with Gasteiger partial charge in [0.2, 0.25) is 0 Å². The average Bonchev–Trinajstić information content (AvgIpc) is 2.46. The fourth-order valence-corrected chi connectivity index (χ4v) is 2.08. The maximum Gasteiger partial charge on any atom is 0.412 e. The van der Waals surface area contributed by atoms with E-state index in [-0.39, 0.29) is 5.69 Å². The monoisotopic (exact) mass is 337 g/mol. The van der Waals surface area contributed by atoms with Crippen LogP contribution in [0.15, 0.2) is 24.3 Å². The van der Waals surface area contributed by atoms with Crippen LogP contribution in [0.25, 0.3) is 6.08 Å². The number of hydrogen-bond acceptors (Lipinski definition) is 3. The van der Waals surface area contributed by atoms with Crippen molar-refractivity contribution in [3.8, 4) is 0 Å². The first-order chi connectivity index (χ1) is 11.2. The molecule has 0 saturated carbocycles. The molecular weight excluding hydrogens is 309 g/mol. The van der Waals surface area contributed by atoms with E-state index in [1.165, 1.54) is 6.07 Å². The Morgan fingerprint density at radius 3 is 2.71 bits per heavy atom. The van der Waals surface area contributed by atoms with Crippen LogP contribution in [0.2, 0.25) is 0 Å². The number of carbonyl (C=O) groups is 1. The summed E-state index contributed by atoms with van der Waals surface area (Å²) in [5.41, 5.74) is 0.301.